The number of anilines is 1. The summed E-state index contributed by atoms with van der Waals surface area (Å²) in [4.78, 5) is 10.4. The van der Waals surface area contributed by atoms with Gasteiger partial charge >= 0.3 is 0 Å². The second kappa shape index (κ2) is 7.14. The Morgan fingerprint density at radius 2 is 1.91 bits per heavy atom. The molecule has 1 saturated heterocycles. The minimum atomic E-state index is -0.908. The van der Waals surface area contributed by atoms with Crippen LogP contribution in [0.1, 0.15) is 12.8 Å². The van der Waals surface area contributed by atoms with E-state index in [1.54, 1.807) is 0 Å². The number of aliphatic hydroxyl groups is 1. The summed E-state index contributed by atoms with van der Waals surface area (Å²) in [6.07, 6.45) is 3.36. The summed E-state index contributed by atoms with van der Waals surface area (Å²) in [5, 5.41) is 12.8. The van der Waals surface area contributed by atoms with Crippen LogP contribution in [0, 0.1) is 17.6 Å². The van der Waals surface area contributed by atoms with Crippen LogP contribution in [0.15, 0.2) is 18.5 Å². The van der Waals surface area contributed by atoms with Gasteiger partial charge in [-0.15, -0.1) is 0 Å². The van der Waals surface area contributed by atoms with Gasteiger partial charge in [0.1, 0.15) is 12.1 Å². The van der Waals surface area contributed by atoms with Crippen molar-refractivity contribution in [2.24, 2.45) is 5.92 Å². The maximum absolute atomic E-state index is 13.4. The van der Waals surface area contributed by atoms with Crippen LogP contribution in [0.3, 0.4) is 0 Å². The number of nitrogens with one attached hydrogen (secondary N) is 1. The Morgan fingerprint density at radius 1 is 1.17 bits per heavy atom. The van der Waals surface area contributed by atoms with E-state index >= 15 is 0 Å². The van der Waals surface area contributed by atoms with Crippen molar-refractivity contribution >= 4 is 16.7 Å². The van der Waals surface area contributed by atoms with Gasteiger partial charge in [0.05, 0.1) is 5.52 Å². The van der Waals surface area contributed by atoms with Gasteiger partial charge in [0.15, 0.2) is 11.6 Å². The molecule has 0 saturated carbocycles. The standard InChI is InChI=1S/C16H20F2N4O/c17-13-7-12-15(8-14(13)18)20-10-21-16(12)19-3-6-22-4-1-11(9-23)2-5-22/h7-8,10-11,23H,1-6,9H2,(H,19,20,21). The number of piperidine rings is 1. The van der Waals surface area contributed by atoms with E-state index in [0.29, 0.717) is 29.2 Å². The number of aliphatic hydroxyl groups excluding tert-OH is 1. The quantitative estimate of drug-likeness (QED) is 0.882. The number of nitrogens with zero attached hydrogens (tertiary/aromatic N) is 3. The topological polar surface area (TPSA) is 61.3 Å². The highest BCUT2D eigenvalue weighted by atomic mass is 19.2. The van der Waals surface area contributed by atoms with E-state index in [0.717, 1.165) is 44.6 Å². The molecule has 0 unspecified atom stereocenters. The molecule has 1 fully saturated rings. The number of halogens is 2. The highest BCUT2D eigenvalue weighted by Crippen LogP contribution is 2.22. The first kappa shape index (κ1) is 16.0. The van der Waals surface area contributed by atoms with Crippen LogP contribution in [0.25, 0.3) is 10.9 Å². The normalized spacial score (nSPS) is 16.8. The molecule has 124 valence electrons. The Kier molecular flexibility index (Phi) is 4.97. The molecule has 0 spiro atoms. The highest BCUT2D eigenvalue weighted by Gasteiger charge is 2.18. The minimum absolute atomic E-state index is 0.265. The molecule has 2 heterocycles. The molecule has 1 aliphatic heterocycles. The number of aromatic nitrogens is 2. The second-order valence-electron chi connectivity index (χ2n) is 5.90. The summed E-state index contributed by atoms with van der Waals surface area (Å²) in [5.74, 6) is -0.877. The van der Waals surface area contributed by atoms with E-state index in [2.05, 4.69) is 20.2 Å². The maximum Gasteiger partial charge on any atom is 0.161 e. The molecular weight excluding hydrogens is 302 g/mol. The molecule has 7 heteroatoms. The van der Waals surface area contributed by atoms with Crippen molar-refractivity contribution in [2.45, 2.75) is 12.8 Å². The summed E-state index contributed by atoms with van der Waals surface area (Å²) in [6, 6.07) is 2.21. The van der Waals surface area contributed by atoms with Gasteiger partial charge in [-0.3, -0.25) is 0 Å². The summed E-state index contributed by atoms with van der Waals surface area (Å²) in [7, 11) is 0. The van der Waals surface area contributed by atoms with E-state index in [-0.39, 0.29) is 6.61 Å². The molecule has 0 amide bonds. The molecule has 3 rings (SSSR count). The number of likely N-dealkylation sites (tertiary alicyclic amines) is 1. The van der Waals surface area contributed by atoms with Crippen molar-refractivity contribution in [2.75, 3.05) is 38.1 Å². The zero-order valence-electron chi connectivity index (χ0n) is 12.8. The number of hydrogen-bond acceptors (Lipinski definition) is 5. The third kappa shape index (κ3) is 3.73. The van der Waals surface area contributed by atoms with E-state index in [9.17, 15) is 8.78 Å². The lowest BCUT2D eigenvalue weighted by molar-refractivity contribution is 0.134. The number of hydrogen-bond donors (Lipinski definition) is 2. The maximum atomic E-state index is 13.4. The molecule has 1 aromatic heterocycles. The fraction of sp³-hybridized carbons (Fsp3) is 0.500. The van der Waals surface area contributed by atoms with Crippen LogP contribution in [-0.2, 0) is 0 Å². The van der Waals surface area contributed by atoms with E-state index in [1.807, 2.05) is 0 Å². The van der Waals surface area contributed by atoms with Gasteiger partial charge in [-0.1, -0.05) is 0 Å². The van der Waals surface area contributed by atoms with Crippen molar-refractivity contribution in [3.8, 4) is 0 Å². The smallest absolute Gasteiger partial charge is 0.161 e. The van der Waals surface area contributed by atoms with Crippen molar-refractivity contribution in [3.63, 3.8) is 0 Å². The highest BCUT2D eigenvalue weighted by molar-refractivity contribution is 5.88. The molecule has 0 atom stereocenters. The average molecular weight is 322 g/mol. The van der Waals surface area contributed by atoms with Crippen LogP contribution < -0.4 is 5.32 Å². The molecule has 5 nitrogen and oxygen atoms in total. The Morgan fingerprint density at radius 3 is 2.65 bits per heavy atom. The van der Waals surface area contributed by atoms with Gasteiger partial charge in [0, 0.05) is 31.1 Å². The van der Waals surface area contributed by atoms with Gasteiger partial charge in [0.2, 0.25) is 0 Å². The van der Waals surface area contributed by atoms with Gasteiger partial charge in [0.25, 0.3) is 0 Å². The molecular formula is C16H20F2N4O. The van der Waals surface area contributed by atoms with Gasteiger partial charge in [-0.2, -0.15) is 0 Å². The molecule has 1 aliphatic rings. The summed E-state index contributed by atoms with van der Waals surface area (Å²) >= 11 is 0. The average Bonchev–Trinajstić information content (AvgIpc) is 2.57. The molecule has 0 bridgehead atoms. The largest absolute Gasteiger partial charge is 0.396 e. The molecule has 2 N–H and O–H groups in total. The third-order valence-electron chi connectivity index (χ3n) is 4.36. The first-order chi connectivity index (χ1) is 11.2. The lowest BCUT2D eigenvalue weighted by Crippen LogP contribution is -2.37. The summed E-state index contributed by atoms with van der Waals surface area (Å²) in [5.41, 5.74) is 0.380. The van der Waals surface area contributed by atoms with Crippen molar-refractivity contribution in [3.05, 3.63) is 30.1 Å². The van der Waals surface area contributed by atoms with Gasteiger partial charge in [-0.05, 0) is 37.9 Å². The Balaban J connectivity index is 1.60. The fourth-order valence-corrected chi connectivity index (χ4v) is 2.92. The molecule has 2 aromatic rings. The first-order valence-electron chi connectivity index (χ1n) is 7.84. The predicted molar refractivity (Wildman–Crippen MR) is 84.2 cm³/mol. The summed E-state index contributed by atoms with van der Waals surface area (Å²) < 4.78 is 26.7. The Labute approximate surface area is 133 Å². The first-order valence-corrected chi connectivity index (χ1v) is 7.84. The molecule has 0 aliphatic carbocycles. The van der Waals surface area contributed by atoms with Crippen molar-refractivity contribution in [1.29, 1.82) is 0 Å². The third-order valence-corrected chi connectivity index (χ3v) is 4.36. The number of benzene rings is 1. The molecule has 0 radical (unpaired) electrons. The second-order valence-corrected chi connectivity index (χ2v) is 5.90. The lowest BCUT2D eigenvalue weighted by atomic mass is 9.98. The monoisotopic (exact) mass is 322 g/mol. The van der Waals surface area contributed by atoms with E-state index in [4.69, 9.17) is 5.11 Å². The van der Waals surface area contributed by atoms with E-state index in [1.165, 1.54) is 6.33 Å². The van der Waals surface area contributed by atoms with Gasteiger partial charge < -0.3 is 15.3 Å². The minimum Gasteiger partial charge on any atom is -0.396 e. The zero-order valence-corrected chi connectivity index (χ0v) is 12.8. The van der Waals surface area contributed by atoms with E-state index < -0.39 is 11.6 Å². The number of rotatable bonds is 5. The molecule has 23 heavy (non-hydrogen) atoms. The SMILES string of the molecule is OCC1CCN(CCNc2ncnc3cc(F)c(F)cc23)CC1. The van der Waals surface area contributed by atoms with Crippen LogP contribution in [0.2, 0.25) is 0 Å². The Hall–Kier alpha value is -1.86. The molecule has 1 aromatic carbocycles. The Bertz CT molecular complexity index is 674. The van der Waals surface area contributed by atoms with Crippen molar-refractivity contribution in [1.82, 2.24) is 14.9 Å². The fourth-order valence-electron chi connectivity index (χ4n) is 2.92. The van der Waals surface area contributed by atoms with Crippen molar-refractivity contribution < 1.29 is 13.9 Å². The van der Waals surface area contributed by atoms with Crippen LogP contribution >= 0.6 is 0 Å². The number of fused-ring (bicyclic) bond motifs is 1. The van der Waals surface area contributed by atoms with Crippen LogP contribution in [0.4, 0.5) is 14.6 Å². The summed E-state index contributed by atoms with van der Waals surface area (Å²) in [6.45, 7) is 3.71. The zero-order chi connectivity index (χ0) is 16.2. The van der Waals surface area contributed by atoms with Gasteiger partial charge in [-0.25, -0.2) is 18.7 Å². The predicted octanol–water partition coefficient (Wildman–Crippen LogP) is 2.02. The lowest BCUT2D eigenvalue weighted by Gasteiger charge is -2.31. The van der Waals surface area contributed by atoms with Crippen LogP contribution in [-0.4, -0.2) is 52.8 Å². The van der Waals surface area contributed by atoms with Crippen LogP contribution in [0.5, 0.6) is 0 Å².